The van der Waals surface area contributed by atoms with E-state index >= 15 is 0 Å². The lowest BCUT2D eigenvalue weighted by Gasteiger charge is -2.11. The minimum Gasteiger partial charge on any atom is -0.355 e. The van der Waals surface area contributed by atoms with Gasteiger partial charge in [0.2, 0.25) is 5.95 Å². The molecule has 0 saturated heterocycles. The Kier molecular flexibility index (Phi) is 3.60. The summed E-state index contributed by atoms with van der Waals surface area (Å²) in [5.41, 5.74) is 3.03. The van der Waals surface area contributed by atoms with Gasteiger partial charge in [0, 0.05) is 18.1 Å². The number of aryl methyl sites for hydroxylation is 1. The molecule has 21 heavy (non-hydrogen) atoms. The number of pyridine rings is 1. The zero-order chi connectivity index (χ0) is 14.8. The molecule has 1 N–H and O–H groups in total. The summed E-state index contributed by atoms with van der Waals surface area (Å²) in [6, 6.07) is 10.3. The Hall–Kier alpha value is -2.36. The molecule has 0 saturated carbocycles. The van der Waals surface area contributed by atoms with E-state index in [1.54, 1.807) is 0 Å². The van der Waals surface area contributed by atoms with Crippen molar-refractivity contribution >= 4 is 16.9 Å². The van der Waals surface area contributed by atoms with E-state index in [1.165, 1.54) is 0 Å². The maximum atomic E-state index is 4.56. The zero-order valence-corrected chi connectivity index (χ0v) is 12.7. The van der Waals surface area contributed by atoms with Crippen molar-refractivity contribution in [3.63, 3.8) is 0 Å². The van der Waals surface area contributed by atoms with Gasteiger partial charge in [0.05, 0.1) is 23.1 Å². The van der Waals surface area contributed by atoms with Crippen LogP contribution in [0.2, 0.25) is 0 Å². The summed E-state index contributed by atoms with van der Waals surface area (Å²) in [6.07, 6.45) is 3.93. The van der Waals surface area contributed by atoms with Crippen LogP contribution in [0.4, 0.5) is 5.95 Å². The van der Waals surface area contributed by atoms with Crippen molar-refractivity contribution in [1.29, 1.82) is 0 Å². The standard InChI is InChI=1S/C17H20N4/c1-12(2)9-19-17-20-13(3)11-21(17)15-8-14-6-4-5-7-16(14)18-10-15/h4-8,10-12H,9H2,1-3H3,(H,19,20). The highest BCUT2D eigenvalue weighted by Crippen LogP contribution is 2.20. The third-order valence-electron chi connectivity index (χ3n) is 3.35. The monoisotopic (exact) mass is 280 g/mol. The third kappa shape index (κ3) is 2.89. The Morgan fingerprint density at radius 2 is 2.05 bits per heavy atom. The topological polar surface area (TPSA) is 42.7 Å². The molecular weight excluding hydrogens is 260 g/mol. The summed E-state index contributed by atoms with van der Waals surface area (Å²) in [4.78, 5) is 9.09. The summed E-state index contributed by atoms with van der Waals surface area (Å²) >= 11 is 0. The van der Waals surface area contributed by atoms with Crippen LogP contribution in [0.3, 0.4) is 0 Å². The minimum absolute atomic E-state index is 0.574. The van der Waals surface area contributed by atoms with Gasteiger partial charge in [0.25, 0.3) is 0 Å². The Morgan fingerprint density at radius 3 is 2.86 bits per heavy atom. The van der Waals surface area contributed by atoms with Crippen LogP contribution in [0, 0.1) is 12.8 Å². The third-order valence-corrected chi connectivity index (χ3v) is 3.35. The number of nitrogens with one attached hydrogen (secondary N) is 1. The lowest BCUT2D eigenvalue weighted by Crippen LogP contribution is -2.12. The van der Waals surface area contributed by atoms with E-state index < -0.39 is 0 Å². The van der Waals surface area contributed by atoms with Crippen LogP contribution >= 0.6 is 0 Å². The number of hydrogen-bond donors (Lipinski definition) is 1. The zero-order valence-electron chi connectivity index (χ0n) is 12.7. The van der Waals surface area contributed by atoms with Crippen molar-refractivity contribution in [3.8, 4) is 5.69 Å². The van der Waals surface area contributed by atoms with E-state index in [9.17, 15) is 0 Å². The van der Waals surface area contributed by atoms with Crippen LogP contribution in [-0.2, 0) is 0 Å². The molecule has 108 valence electrons. The van der Waals surface area contributed by atoms with Crippen molar-refractivity contribution in [1.82, 2.24) is 14.5 Å². The van der Waals surface area contributed by atoms with Crippen LogP contribution in [0.25, 0.3) is 16.6 Å². The Balaban J connectivity index is 2.01. The van der Waals surface area contributed by atoms with E-state index in [1.807, 2.05) is 37.5 Å². The maximum absolute atomic E-state index is 4.56. The number of rotatable bonds is 4. The number of benzene rings is 1. The highest BCUT2D eigenvalue weighted by Gasteiger charge is 2.09. The van der Waals surface area contributed by atoms with Crippen molar-refractivity contribution in [2.45, 2.75) is 20.8 Å². The fourth-order valence-electron chi connectivity index (χ4n) is 2.31. The first-order valence-electron chi connectivity index (χ1n) is 7.28. The fraction of sp³-hybridized carbons (Fsp3) is 0.294. The second-order valence-corrected chi connectivity index (χ2v) is 5.74. The molecule has 3 rings (SSSR count). The van der Waals surface area contributed by atoms with Gasteiger partial charge < -0.3 is 5.32 Å². The van der Waals surface area contributed by atoms with Crippen LogP contribution in [0.1, 0.15) is 19.5 Å². The molecule has 0 unspecified atom stereocenters. The second-order valence-electron chi connectivity index (χ2n) is 5.74. The average molecular weight is 280 g/mol. The van der Waals surface area contributed by atoms with Crippen molar-refractivity contribution in [3.05, 3.63) is 48.4 Å². The molecule has 0 bridgehead atoms. The first kappa shape index (κ1) is 13.6. The molecule has 0 fully saturated rings. The largest absolute Gasteiger partial charge is 0.355 e. The van der Waals surface area contributed by atoms with Gasteiger partial charge in [0.1, 0.15) is 0 Å². The molecule has 0 spiro atoms. The number of hydrogen-bond acceptors (Lipinski definition) is 3. The predicted octanol–water partition coefficient (Wildman–Crippen LogP) is 3.80. The Labute approximate surface area is 124 Å². The average Bonchev–Trinajstić information content (AvgIpc) is 2.85. The normalized spacial score (nSPS) is 11.2. The van der Waals surface area contributed by atoms with Gasteiger partial charge in [-0.15, -0.1) is 0 Å². The van der Waals surface area contributed by atoms with Crippen LogP contribution < -0.4 is 5.32 Å². The van der Waals surface area contributed by atoms with E-state index in [0.717, 1.165) is 34.8 Å². The predicted molar refractivity (Wildman–Crippen MR) is 86.9 cm³/mol. The molecule has 4 heteroatoms. The van der Waals surface area contributed by atoms with E-state index in [4.69, 9.17) is 0 Å². The number of anilines is 1. The van der Waals surface area contributed by atoms with Gasteiger partial charge in [-0.3, -0.25) is 9.55 Å². The first-order chi connectivity index (χ1) is 10.1. The molecule has 4 nitrogen and oxygen atoms in total. The molecule has 2 aromatic heterocycles. The summed E-state index contributed by atoms with van der Waals surface area (Å²) in [7, 11) is 0. The molecule has 1 aromatic carbocycles. The maximum Gasteiger partial charge on any atom is 0.207 e. The number of imidazole rings is 1. The van der Waals surface area contributed by atoms with Gasteiger partial charge >= 0.3 is 0 Å². The minimum atomic E-state index is 0.574. The quantitative estimate of drug-likeness (QED) is 0.790. The Morgan fingerprint density at radius 1 is 1.24 bits per heavy atom. The molecule has 0 aliphatic rings. The molecule has 0 amide bonds. The first-order valence-corrected chi connectivity index (χ1v) is 7.28. The summed E-state index contributed by atoms with van der Waals surface area (Å²) in [5, 5.41) is 4.54. The molecule has 3 aromatic rings. The molecule has 0 radical (unpaired) electrons. The number of nitrogens with zero attached hydrogens (tertiary/aromatic N) is 3. The van der Waals surface area contributed by atoms with E-state index in [-0.39, 0.29) is 0 Å². The number of para-hydroxylation sites is 1. The highest BCUT2D eigenvalue weighted by atomic mass is 15.2. The molecule has 2 heterocycles. The van der Waals surface area contributed by atoms with E-state index in [0.29, 0.717) is 5.92 Å². The van der Waals surface area contributed by atoms with Crippen molar-refractivity contribution in [2.75, 3.05) is 11.9 Å². The van der Waals surface area contributed by atoms with Gasteiger partial charge in [-0.25, -0.2) is 4.98 Å². The Bertz CT molecular complexity index is 758. The van der Waals surface area contributed by atoms with Crippen molar-refractivity contribution in [2.24, 2.45) is 5.92 Å². The van der Waals surface area contributed by atoms with Crippen molar-refractivity contribution < 1.29 is 0 Å². The molecule has 0 aliphatic carbocycles. The number of fused-ring (bicyclic) bond motifs is 1. The fourth-order valence-corrected chi connectivity index (χ4v) is 2.31. The lowest BCUT2D eigenvalue weighted by atomic mass is 10.2. The SMILES string of the molecule is Cc1cn(-c2cnc3ccccc3c2)c(NCC(C)C)n1. The van der Waals surface area contributed by atoms with Gasteiger partial charge in [0.15, 0.2) is 0 Å². The summed E-state index contributed by atoms with van der Waals surface area (Å²) < 4.78 is 2.07. The molecule has 0 aliphatic heterocycles. The molecule has 0 atom stereocenters. The van der Waals surface area contributed by atoms with Gasteiger partial charge in [-0.05, 0) is 25.0 Å². The second kappa shape index (κ2) is 5.56. The van der Waals surface area contributed by atoms with Crippen LogP contribution in [0.15, 0.2) is 42.7 Å². The highest BCUT2D eigenvalue weighted by molar-refractivity contribution is 5.80. The van der Waals surface area contributed by atoms with Crippen LogP contribution in [0.5, 0.6) is 0 Å². The smallest absolute Gasteiger partial charge is 0.207 e. The van der Waals surface area contributed by atoms with Gasteiger partial charge in [-0.1, -0.05) is 32.0 Å². The number of aromatic nitrogens is 3. The molecular formula is C17H20N4. The summed E-state index contributed by atoms with van der Waals surface area (Å²) in [6.45, 7) is 7.28. The van der Waals surface area contributed by atoms with Crippen LogP contribution in [-0.4, -0.2) is 21.1 Å². The van der Waals surface area contributed by atoms with Gasteiger partial charge in [-0.2, -0.15) is 0 Å². The summed E-state index contributed by atoms with van der Waals surface area (Å²) in [5.74, 6) is 1.45. The lowest BCUT2D eigenvalue weighted by molar-refractivity contribution is 0.683. The van der Waals surface area contributed by atoms with E-state index in [2.05, 4.69) is 45.8 Å².